The SMILES string of the molecule is COc1cc(-c2ccc3c(C4(C(=O)NC5(C#N)CC5)CCC(F)(F)CC4)c(C(N)=O)oc3c2)ccc1S(=O)(=O)C1CC1. The minimum Gasteiger partial charge on any atom is -0.495 e. The van der Waals surface area contributed by atoms with E-state index in [0.29, 0.717) is 42.2 Å². The summed E-state index contributed by atoms with van der Waals surface area (Å²) in [4.78, 5) is 26.6. The van der Waals surface area contributed by atoms with E-state index in [1.165, 1.54) is 13.2 Å². The number of nitrogens with zero attached hydrogens (tertiary/aromatic N) is 1. The fraction of sp³-hybridized carbons (Fsp3) is 0.433. The number of sulfone groups is 1. The second-order valence-electron chi connectivity index (χ2n) is 11.6. The number of alkyl halides is 2. The fourth-order valence-corrected chi connectivity index (χ4v) is 7.72. The number of rotatable bonds is 8. The van der Waals surface area contributed by atoms with E-state index in [-0.39, 0.29) is 40.4 Å². The smallest absolute Gasteiger partial charge is 0.284 e. The first-order valence-electron chi connectivity index (χ1n) is 13.8. The summed E-state index contributed by atoms with van der Waals surface area (Å²) in [6.07, 6.45) is 0.421. The summed E-state index contributed by atoms with van der Waals surface area (Å²) >= 11 is 0. The van der Waals surface area contributed by atoms with Crippen LogP contribution in [0, 0.1) is 11.3 Å². The highest BCUT2D eigenvalue weighted by Crippen LogP contribution is 2.51. The van der Waals surface area contributed by atoms with Crippen molar-refractivity contribution < 1.29 is 35.9 Å². The van der Waals surface area contributed by atoms with Crippen molar-refractivity contribution in [3.63, 3.8) is 0 Å². The van der Waals surface area contributed by atoms with Gasteiger partial charge in [-0.2, -0.15) is 5.26 Å². The minimum atomic E-state index is -3.51. The Hall–Kier alpha value is -3.98. The molecule has 3 saturated carbocycles. The van der Waals surface area contributed by atoms with Crippen molar-refractivity contribution in [1.82, 2.24) is 5.32 Å². The summed E-state index contributed by atoms with van der Waals surface area (Å²) < 4.78 is 65.7. The number of nitrogens with two attached hydrogens (primary N) is 1. The van der Waals surface area contributed by atoms with E-state index in [4.69, 9.17) is 14.9 Å². The number of hydrogen-bond acceptors (Lipinski definition) is 7. The van der Waals surface area contributed by atoms with Gasteiger partial charge in [0.1, 0.15) is 21.8 Å². The molecule has 1 aromatic heterocycles. The number of methoxy groups -OCH3 is 1. The topological polar surface area (TPSA) is 152 Å². The highest BCUT2D eigenvalue weighted by atomic mass is 32.2. The molecule has 220 valence electrons. The zero-order valence-electron chi connectivity index (χ0n) is 22.8. The molecule has 9 nitrogen and oxygen atoms in total. The van der Waals surface area contributed by atoms with Gasteiger partial charge in [0.05, 0.1) is 23.8 Å². The lowest BCUT2D eigenvalue weighted by molar-refractivity contribution is -0.132. The van der Waals surface area contributed by atoms with Gasteiger partial charge in [0.2, 0.25) is 11.8 Å². The molecule has 0 bridgehead atoms. The van der Waals surface area contributed by atoms with Crippen molar-refractivity contribution in [2.75, 3.05) is 7.11 Å². The minimum absolute atomic E-state index is 0.112. The van der Waals surface area contributed by atoms with Crippen molar-refractivity contribution in [2.24, 2.45) is 5.73 Å². The first-order valence-corrected chi connectivity index (χ1v) is 15.3. The number of nitriles is 1. The third-order valence-electron chi connectivity index (χ3n) is 8.75. The van der Waals surface area contributed by atoms with Gasteiger partial charge in [0, 0.05) is 23.8 Å². The molecule has 3 fully saturated rings. The number of hydrogen-bond donors (Lipinski definition) is 2. The zero-order chi connectivity index (χ0) is 30.1. The molecule has 0 saturated heterocycles. The molecule has 3 aliphatic carbocycles. The van der Waals surface area contributed by atoms with Crippen LogP contribution in [0.2, 0.25) is 0 Å². The van der Waals surface area contributed by atoms with Crippen LogP contribution in [-0.4, -0.2) is 44.1 Å². The average molecular weight is 598 g/mol. The molecular formula is C30H29F2N3O6S. The number of halogens is 2. The predicted octanol–water partition coefficient (Wildman–Crippen LogP) is 4.76. The highest BCUT2D eigenvalue weighted by molar-refractivity contribution is 7.92. The van der Waals surface area contributed by atoms with Crippen LogP contribution < -0.4 is 15.8 Å². The van der Waals surface area contributed by atoms with Crippen molar-refractivity contribution in [3.8, 4) is 22.9 Å². The molecule has 2 amide bonds. The average Bonchev–Trinajstić information content (AvgIpc) is 3.90. The largest absolute Gasteiger partial charge is 0.495 e. The molecule has 0 aliphatic heterocycles. The second-order valence-corrected chi connectivity index (χ2v) is 13.8. The fourth-order valence-electron chi connectivity index (χ4n) is 5.92. The zero-order valence-corrected chi connectivity index (χ0v) is 23.7. The third-order valence-corrected chi connectivity index (χ3v) is 11.0. The van der Waals surface area contributed by atoms with Gasteiger partial charge >= 0.3 is 0 Å². The Labute approximate surface area is 240 Å². The van der Waals surface area contributed by atoms with Gasteiger partial charge in [-0.05, 0) is 67.9 Å². The Morgan fingerprint density at radius 3 is 2.26 bits per heavy atom. The standard InChI is InChI=1S/C30H29F2N3O6S/c1-40-22-15-18(3-7-23(22)42(38,39)19-4-5-19)17-2-6-20-21(14-17)41-25(26(34)36)24(20)29(10-12-30(31,32)13-11-29)27(37)35-28(16-33)8-9-28/h2-3,6-7,14-15,19H,4-5,8-13H2,1H3,(H2,34,36)(H,35,37). The molecule has 42 heavy (non-hydrogen) atoms. The molecule has 6 rings (SSSR count). The lowest BCUT2D eigenvalue weighted by Gasteiger charge is -2.39. The number of carbonyl (C=O) groups is 2. The van der Waals surface area contributed by atoms with Crippen LogP contribution >= 0.6 is 0 Å². The number of fused-ring (bicyclic) bond motifs is 1. The van der Waals surface area contributed by atoms with Gasteiger partial charge in [-0.1, -0.05) is 18.2 Å². The van der Waals surface area contributed by atoms with E-state index in [9.17, 15) is 32.0 Å². The normalized spacial score (nSPS) is 20.4. The van der Waals surface area contributed by atoms with Crippen LogP contribution in [0.4, 0.5) is 8.78 Å². The summed E-state index contributed by atoms with van der Waals surface area (Å²) in [5, 5.41) is 12.3. The molecule has 1 heterocycles. The van der Waals surface area contributed by atoms with Crippen molar-refractivity contribution in [1.29, 1.82) is 5.26 Å². The number of furan rings is 1. The van der Waals surface area contributed by atoms with E-state index >= 15 is 0 Å². The van der Waals surface area contributed by atoms with Gasteiger partial charge in [-0.3, -0.25) is 9.59 Å². The van der Waals surface area contributed by atoms with Gasteiger partial charge in [-0.15, -0.1) is 0 Å². The van der Waals surface area contributed by atoms with Gasteiger partial charge in [0.25, 0.3) is 5.91 Å². The molecule has 3 N–H and O–H groups in total. The van der Waals surface area contributed by atoms with Crippen molar-refractivity contribution >= 4 is 32.6 Å². The maximum Gasteiger partial charge on any atom is 0.284 e. The van der Waals surface area contributed by atoms with E-state index in [1.54, 1.807) is 30.3 Å². The summed E-state index contributed by atoms with van der Waals surface area (Å²) in [7, 11) is -2.12. The molecule has 0 spiro atoms. The Kier molecular flexibility index (Phi) is 6.38. The van der Waals surface area contributed by atoms with E-state index in [1.807, 2.05) is 0 Å². The maximum atomic E-state index is 14.3. The summed E-state index contributed by atoms with van der Waals surface area (Å²) in [5.41, 5.74) is 4.64. The number of carbonyl (C=O) groups excluding carboxylic acids is 2. The van der Waals surface area contributed by atoms with E-state index in [2.05, 4.69) is 11.4 Å². The van der Waals surface area contributed by atoms with Gasteiger partial charge in [0.15, 0.2) is 15.6 Å². The van der Waals surface area contributed by atoms with E-state index < -0.39 is 56.6 Å². The Balaban J connectivity index is 1.46. The quantitative estimate of drug-likeness (QED) is 0.380. The molecule has 3 aliphatic rings. The molecule has 0 radical (unpaired) electrons. The van der Waals surface area contributed by atoms with Crippen LogP contribution in [0.25, 0.3) is 22.1 Å². The third kappa shape index (κ3) is 4.60. The Bertz CT molecular complexity index is 1770. The summed E-state index contributed by atoms with van der Waals surface area (Å²) in [6, 6.07) is 11.8. The lowest BCUT2D eigenvalue weighted by atomic mass is 9.66. The van der Waals surface area contributed by atoms with Crippen molar-refractivity contribution in [2.45, 2.75) is 78.4 Å². The van der Waals surface area contributed by atoms with Gasteiger partial charge in [-0.25, -0.2) is 17.2 Å². The Morgan fingerprint density at radius 2 is 1.69 bits per heavy atom. The molecule has 2 aromatic carbocycles. The molecule has 3 aromatic rings. The van der Waals surface area contributed by atoms with Crippen LogP contribution in [0.1, 0.15) is 67.5 Å². The monoisotopic (exact) mass is 597 g/mol. The molecule has 0 atom stereocenters. The highest BCUT2D eigenvalue weighted by Gasteiger charge is 2.55. The number of benzene rings is 2. The predicted molar refractivity (Wildman–Crippen MR) is 148 cm³/mol. The first kappa shape index (κ1) is 28.2. The second kappa shape index (κ2) is 9.52. The summed E-state index contributed by atoms with van der Waals surface area (Å²) in [6.45, 7) is 0. The van der Waals surface area contributed by atoms with Crippen LogP contribution in [0.15, 0.2) is 45.7 Å². The molecule has 0 unspecified atom stereocenters. The first-order chi connectivity index (χ1) is 19.8. The Morgan fingerprint density at radius 1 is 1.05 bits per heavy atom. The molecule has 12 heteroatoms. The number of amides is 2. The van der Waals surface area contributed by atoms with Crippen molar-refractivity contribution in [3.05, 3.63) is 47.7 Å². The van der Waals surface area contributed by atoms with Crippen LogP contribution in [0.5, 0.6) is 5.75 Å². The molecular weight excluding hydrogens is 568 g/mol. The van der Waals surface area contributed by atoms with Crippen LogP contribution in [0.3, 0.4) is 0 Å². The number of ether oxygens (including phenoxy) is 1. The maximum absolute atomic E-state index is 14.3. The van der Waals surface area contributed by atoms with Crippen LogP contribution in [-0.2, 0) is 20.0 Å². The summed E-state index contributed by atoms with van der Waals surface area (Å²) in [5.74, 6) is -4.64. The van der Waals surface area contributed by atoms with Gasteiger partial charge < -0.3 is 20.2 Å². The van der Waals surface area contributed by atoms with E-state index in [0.717, 1.165) is 0 Å². The lowest BCUT2D eigenvalue weighted by Crippen LogP contribution is -2.52. The number of primary amides is 1. The number of nitrogens with one attached hydrogen (secondary N) is 1.